The second-order valence-electron chi connectivity index (χ2n) is 7.28. The fourth-order valence-electron chi connectivity index (χ4n) is 2.96. The van der Waals surface area contributed by atoms with E-state index in [4.69, 9.17) is 0 Å². The smallest absolute Gasteiger partial charge is 0.374 e. The number of carbonyl (C=O) groups excluding carboxylic acids is 1. The van der Waals surface area contributed by atoms with Gasteiger partial charge in [0, 0.05) is 28.2 Å². The van der Waals surface area contributed by atoms with E-state index >= 15 is 0 Å². The second kappa shape index (κ2) is 7.47. The van der Waals surface area contributed by atoms with Gasteiger partial charge in [-0.3, -0.25) is 9.89 Å². The zero-order chi connectivity index (χ0) is 21.5. The lowest BCUT2D eigenvalue weighted by Crippen LogP contribution is -2.45. The van der Waals surface area contributed by atoms with Gasteiger partial charge in [-0.15, -0.1) is 11.3 Å². The maximum atomic E-state index is 13.6. The minimum absolute atomic E-state index is 0.273. The number of thiazole rings is 1. The molecule has 0 bridgehead atoms. The Labute approximate surface area is 173 Å². The molecule has 1 atom stereocenters. The summed E-state index contributed by atoms with van der Waals surface area (Å²) in [5.41, 5.74) is -2.15. The molecule has 1 aromatic carbocycles. The highest BCUT2D eigenvalue weighted by molar-refractivity contribution is 7.09. The van der Waals surface area contributed by atoms with Gasteiger partial charge in [0.1, 0.15) is 10.8 Å². The van der Waals surface area contributed by atoms with Gasteiger partial charge in [-0.2, -0.15) is 18.3 Å². The molecule has 3 aromatic rings. The van der Waals surface area contributed by atoms with E-state index in [0.29, 0.717) is 34.3 Å². The van der Waals surface area contributed by atoms with E-state index in [0.717, 1.165) is 18.7 Å². The van der Waals surface area contributed by atoms with E-state index in [-0.39, 0.29) is 5.69 Å². The largest absolute Gasteiger partial charge is 0.424 e. The number of nitrogens with one attached hydrogen (secondary N) is 2. The molecule has 1 saturated carbocycles. The predicted molar refractivity (Wildman–Crippen MR) is 104 cm³/mol. The van der Waals surface area contributed by atoms with Crippen molar-refractivity contribution in [1.29, 1.82) is 0 Å². The van der Waals surface area contributed by atoms with Gasteiger partial charge in [-0.1, -0.05) is 12.1 Å². The molecule has 0 aliphatic heterocycles. The summed E-state index contributed by atoms with van der Waals surface area (Å²) >= 11 is 0.660. The summed E-state index contributed by atoms with van der Waals surface area (Å²) in [6.07, 6.45) is -4.15. The molecule has 7 nitrogen and oxygen atoms in total. The van der Waals surface area contributed by atoms with E-state index in [1.165, 1.54) is 18.4 Å². The molecular formula is C19H18F3N5O2S. The van der Waals surface area contributed by atoms with Crippen molar-refractivity contribution in [2.45, 2.75) is 43.9 Å². The average molecular weight is 437 g/mol. The fourth-order valence-corrected chi connectivity index (χ4v) is 3.87. The van der Waals surface area contributed by atoms with Gasteiger partial charge >= 0.3 is 6.18 Å². The topological polar surface area (TPSA) is 104 Å². The SMILES string of the molecule is Cc1csc(C(O)(CC(=O)Nc2cccc(-c3n[nH]c(C4CC4)n3)c2)C(F)(F)F)n1. The van der Waals surface area contributed by atoms with Gasteiger partial charge in [-0.05, 0) is 31.9 Å². The molecule has 158 valence electrons. The lowest BCUT2D eigenvalue weighted by molar-refractivity contribution is -0.266. The third kappa shape index (κ3) is 4.08. The number of anilines is 1. The molecule has 0 spiro atoms. The Hall–Kier alpha value is -2.79. The lowest BCUT2D eigenvalue weighted by atomic mass is 9.99. The normalized spacial score (nSPS) is 16.3. The van der Waals surface area contributed by atoms with Gasteiger partial charge in [0.05, 0.1) is 6.42 Å². The summed E-state index contributed by atoms with van der Waals surface area (Å²) in [6.45, 7) is 1.51. The van der Waals surface area contributed by atoms with Crippen LogP contribution in [-0.4, -0.2) is 37.4 Å². The number of rotatable bonds is 6. The number of H-pyrrole nitrogens is 1. The predicted octanol–water partition coefficient (Wildman–Crippen LogP) is 3.89. The number of carbonyl (C=O) groups is 1. The molecule has 3 N–H and O–H groups in total. The van der Waals surface area contributed by atoms with Gasteiger partial charge in [-0.25, -0.2) is 9.97 Å². The Balaban J connectivity index is 1.51. The van der Waals surface area contributed by atoms with Crippen LogP contribution in [0.1, 0.15) is 41.7 Å². The molecule has 30 heavy (non-hydrogen) atoms. The third-order valence-corrected chi connectivity index (χ3v) is 5.84. The molecule has 4 rings (SSSR count). The quantitative estimate of drug-likeness (QED) is 0.543. The molecule has 1 amide bonds. The number of aromatic nitrogens is 4. The van der Waals surface area contributed by atoms with Gasteiger partial charge in [0.2, 0.25) is 11.5 Å². The zero-order valence-corrected chi connectivity index (χ0v) is 16.6. The number of alkyl halides is 3. The van der Waals surface area contributed by atoms with Crippen LogP contribution in [0.15, 0.2) is 29.6 Å². The number of benzene rings is 1. The molecule has 2 aromatic heterocycles. The Morgan fingerprint density at radius 3 is 2.73 bits per heavy atom. The molecule has 0 radical (unpaired) electrons. The maximum absolute atomic E-state index is 13.6. The van der Waals surface area contributed by atoms with Gasteiger partial charge in [0.25, 0.3) is 0 Å². The van der Waals surface area contributed by atoms with Crippen LogP contribution in [0.2, 0.25) is 0 Å². The monoisotopic (exact) mass is 437 g/mol. The number of aryl methyl sites for hydroxylation is 1. The maximum Gasteiger partial charge on any atom is 0.424 e. The van der Waals surface area contributed by atoms with Crippen molar-refractivity contribution in [2.75, 3.05) is 5.32 Å². The summed E-state index contributed by atoms with van der Waals surface area (Å²) in [5.74, 6) is 0.642. The molecule has 1 fully saturated rings. The number of nitrogens with zero attached hydrogens (tertiary/aromatic N) is 3. The number of halogens is 3. The first-order chi connectivity index (χ1) is 14.2. The van der Waals surface area contributed by atoms with Crippen LogP contribution in [0, 0.1) is 6.92 Å². The molecule has 2 heterocycles. The van der Waals surface area contributed by atoms with Crippen LogP contribution in [0.5, 0.6) is 0 Å². The Morgan fingerprint density at radius 1 is 1.33 bits per heavy atom. The van der Waals surface area contributed by atoms with Gasteiger partial charge in [0.15, 0.2) is 5.82 Å². The Kier molecular flexibility index (Phi) is 5.10. The fraction of sp³-hybridized carbons (Fsp3) is 0.368. The van der Waals surface area contributed by atoms with Gasteiger partial charge < -0.3 is 10.4 Å². The molecule has 1 aliphatic rings. The van der Waals surface area contributed by atoms with Crippen molar-refractivity contribution in [3.63, 3.8) is 0 Å². The number of amides is 1. The summed E-state index contributed by atoms with van der Waals surface area (Å²) in [6, 6.07) is 6.48. The standard InChI is InChI=1S/C19H18F3N5O2S/c1-10-9-30-17(23-10)18(29,19(20,21)22)8-14(28)24-13-4-2-3-12(7-13)16-25-15(26-27-16)11-5-6-11/h2-4,7,9,11,29H,5-6,8H2,1H3,(H,24,28)(H,25,26,27). The van der Waals surface area contributed by atoms with Crippen LogP contribution in [0.4, 0.5) is 18.9 Å². The molecule has 0 saturated heterocycles. The minimum Gasteiger partial charge on any atom is -0.374 e. The highest BCUT2D eigenvalue weighted by Crippen LogP contribution is 2.43. The summed E-state index contributed by atoms with van der Waals surface area (Å²) in [7, 11) is 0. The lowest BCUT2D eigenvalue weighted by Gasteiger charge is -2.27. The first-order valence-corrected chi connectivity index (χ1v) is 10.1. The molecule has 11 heteroatoms. The van der Waals surface area contributed by atoms with E-state index in [2.05, 4.69) is 25.5 Å². The van der Waals surface area contributed by atoms with E-state index < -0.39 is 29.1 Å². The first kappa shape index (κ1) is 20.5. The number of hydrogen-bond acceptors (Lipinski definition) is 6. The van der Waals surface area contributed by atoms with E-state index in [1.54, 1.807) is 18.2 Å². The van der Waals surface area contributed by atoms with Crippen molar-refractivity contribution in [3.05, 3.63) is 46.2 Å². The van der Waals surface area contributed by atoms with Crippen molar-refractivity contribution in [2.24, 2.45) is 0 Å². The summed E-state index contributed by atoms with van der Waals surface area (Å²) in [4.78, 5) is 20.5. The molecular weight excluding hydrogens is 419 g/mol. The van der Waals surface area contributed by atoms with Crippen molar-refractivity contribution < 1.29 is 23.1 Å². The number of hydrogen-bond donors (Lipinski definition) is 3. The van der Waals surface area contributed by atoms with Crippen LogP contribution in [0.3, 0.4) is 0 Å². The third-order valence-electron chi connectivity index (χ3n) is 4.73. The van der Waals surface area contributed by atoms with Crippen LogP contribution in [-0.2, 0) is 10.4 Å². The van der Waals surface area contributed by atoms with Crippen LogP contribution in [0.25, 0.3) is 11.4 Å². The number of aliphatic hydroxyl groups is 1. The summed E-state index contributed by atoms with van der Waals surface area (Å²) in [5, 5.41) is 20.6. The first-order valence-electron chi connectivity index (χ1n) is 9.20. The van der Waals surface area contributed by atoms with Crippen molar-refractivity contribution >= 4 is 22.9 Å². The molecule has 1 aliphatic carbocycles. The second-order valence-corrected chi connectivity index (χ2v) is 8.13. The van der Waals surface area contributed by atoms with Crippen LogP contribution >= 0.6 is 11.3 Å². The average Bonchev–Trinajstić information content (AvgIpc) is 3.22. The Bertz CT molecular complexity index is 1080. The number of aromatic amines is 1. The Morgan fingerprint density at radius 2 is 2.10 bits per heavy atom. The van der Waals surface area contributed by atoms with Crippen molar-refractivity contribution in [3.8, 4) is 11.4 Å². The zero-order valence-electron chi connectivity index (χ0n) is 15.8. The summed E-state index contributed by atoms with van der Waals surface area (Å²) < 4.78 is 40.7. The van der Waals surface area contributed by atoms with E-state index in [1.807, 2.05) is 0 Å². The van der Waals surface area contributed by atoms with Crippen LogP contribution < -0.4 is 5.32 Å². The minimum atomic E-state index is -5.06. The highest BCUT2D eigenvalue weighted by Gasteiger charge is 2.58. The van der Waals surface area contributed by atoms with E-state index in [9.17, 15) is 23.1 Å². The van der Waals surface area contributed by atoms with Crippen molar-refractivity contribution in [1.82, 2.24) is 20.2 Å². The highest BCUT2D eigenvalue weighted by atomic mass is 32.1. The molecule has 1 unspecified atom stereocenters.